The van der Waals surface area contributed by atoms with E-state index in [-0.39, 0.29) is 5.91 Å². The van der Waals surface area contributed by atoms with Gasteiger partial charge in [0, 0.05) is 50.8 Å². The van der Waals surface area contributed by atoms with Gasteiger partial charge in [0.1, 0.15) is 0 Å². The summed E-state index contributed by atoms with van der Waals surface area (Å²) in [6.45, 7) is 8.30. The number of nitrogens with one attached hydrogen (secondary N) is 1. The van der Waals surface area contributed by atoms with Crippen molar-refractivity contribution in [2.24, 2.45) is 5.92 Å². The van der Waals surface area contributed by atoms with Crippen LogP contribution in [-0.4, -0.2) is 67.4 Å². The summed E-state index contributed by atoms with van der Waals surface area (Å²) >= 11 is 7.95. The Bertz CT molecular complexity index is 588. The summed E-state index contributed by atoms with van der Waals surface area (Å²) in [5, 5.41) is 0.511. The van der Waals surface area contributed by atoms with E-state index in [1.807, 2.05) is 23.1 Å². The highest BCUT2D eigenvalue weighted by Crippen LogP contribution is 2.24. The first-order valence-corrected chi connectivity index (χ1v) is 10.3. The Morgan fingerprint density at radius 3 is 2.80 bits per heavy atom. The van der Waals surface area contributed by atoms with Crippen molar-refractivity contribution >= 4 is 35.1 Å². The van der Waals surface area contributed by atoms with Crippen LogP contribution in [0.5, 0.6) is 0 Å². The molecule has 0 spiro atoms. The van der Waals surface area contributed by atoms with Gasteiger partial charge in [-0.25, -0.2) is 0 Å². The molecule has 2 heterocycles. The molecule has 1 amide bonds. The van der Waals surface area contributed by atoms with E-state index < -0.39 is 0 Å². The van der Waals surface area contributed by atoms with Gasteiger partial charge in [-0.3, -0.25) is 9.69 Å². The Balaban J connectivity index is 1.53. The lowest BCUT2D eigenvalue weighted by molar-refractivity contribution is 0.0611. The fourth-order valence-corrected chi connectivity index (χ4v) is 4.00. The van der Waals surface area contributed by atoms with Gasteiger partial charge in [0.05, 0.1) is 17.2 Å². The third-order valence-corrected chi connectivity index (χ3v) is 5.72. The molecule has 1 unspecified atom stereocenters. The minimum Gasteiger partial charge on any atom is -0.381 e. The molecule has 1 N–H and O–H groups in total. The van der Waals surface area contributed by atoms with E-state index in [1.54, 1.807) is 11.9 Å². The molecular weight excluding hydrogens is 358 g/mol. The highest BCUT2D eigenvalue weighted by Gasteiger charge is 2.26. The van der Waals surface area contributed by atoms with Gasteiger partial charge in [-0.15, -0.1) is 0 Å². The molecule has 1 atom stereocenters. The van der Waals surface area contributed by atoms with Crippen LogP contribution in [0.4, 0.5) is 5.69 Å². The monoisotopic (exact) mass is 383 g/mol. The third kappa shape index (κ3) is 5.03. The first kappa shape index (κ1) is 18.8. The zero-order valence-electron chi connectivity index (χ0n) is 14.7. The van der Waals surface area contributed by atoms with Gasteiger partial charge in [0.15, 0.2) is 0 Å². The maximum atomic E-state index is 12.8. The predicted octanol–water partition coefficient (Wildman–Crippen LogP) is 3.21. The first-order valence-electron chi connectivity index (χ1n) is 8.94. The van der Waals surface area contributed by atoms with Crippen LogP contribution in [0.3, 0.4) is 0 Å². The molecule has 0 saturated carbocycles. The number of carbonyl (C=O) groups is 1. The zero-order chi connectivity index (χ0) is 17.6. The number of rotatable bonds is 6. The molecule has 0 aliphatic carbocycles. The topological polar surface area (TPSA) is 44.8 Å². The quantitative estimate of drug-likeness (QED) is 0.764. The van der Waals surface area contributed by atoms with E-state index in [4.69, 9.17) is 16.3 Å². The van der Waals surface area contributed by atoms with Crippen LogP contribution in [0.15, 0.2) is 18.2 Å². The summed E-state index contributed by atoms with van der Waals surface area (Å²) in [6, 6.07) is 5.57. The van der Waals surface area contributed by atoms with Crippen molar-refractivity contribution in [1.29, 1.82) is 0 Å². The molecular formula is C18H26ClN3O2S. The minimum absolute atomic E-state index is 0.0311. The molecule has 1 aromatic rings. The van der Waals surface area contributed by atoms with Crippen LogP contribution < -0.4 is 4.72 Å². The number of benzene rings is 1. The van der Waals surface area contributed by atoms with Crippen LogP contribution in [0, 0.1) is 5.92 Å². The Labute approximate surface area is 159 Å². The van der Waals surface area contributed by atoms with Crippen LogP contribution in [0.1, 0.15) is 23.7 Å². The molecule has 138 valence electrons. The minimum atomic E-state index is 0.0311. The number of ether oxygens (including phenoxy) is 1. The predicted molar refractivity (Wildman–Crippen MR) is 104 cm³/mol. The fourth-order valence-electron chi connectivity index (χ4n) is 3.30. The van der Waals surface area contributed by atoms with Crippen molar-refractivity contribution in [3.05, 3.63) is 28.8 Å². The first-order chi connectivity index (χ1) is 12.2. The second kappa shape index (κ2) is 9.12. The van der Waals surface area contributed by atoms with Crippen molar-refractivity contribution < 1.29 is 9.53 Å². The zero-order valence-corrected chi connectivity index (χ0v) is 16.2. The summed E-state index contributed by atoms with van der Waals surface area (Å²) in [6.07, 6.45) is 1.16. The highest BCUT2D eigenvalue weighted by molar-refractivity contribution is 8.00. The van der Waals surface area contributed by atoms with Crippen LogP contribution in [0.25, 0.3) is 0 Å². The van der Waals surface area contributed by atoms with E-state index in [0.717, 1.165) is 63.8 Å². The van der Waals surface area contributed by atoms with Crippen LogP contribution >= 0.6 is 23.5 Å². The second-order valence-corrected chi connectivity index (χ2v) is 8.03. The SMILES string of the molecule is CCSNc1ccc(C(=O)N2CCN(CC3CCOC3)CC2)c(Cl)c1. The van der Waals surface area contributed by atoms with E-state index in [0.29, 0.717) is 16.5 Å². The van der Waals surface area contributed by atoms with Gasteiger partial charge in [0.25, 0.3) is 5.91 Å². The van der Waals surface area contributed by atoms with Gasteiger partial charge in [-0.1, -0.05) is 30.5 Å². The molecule has 0 radical (unpaired) electrons. The molecule has 2 fully saturated rings. The molecule has 3 rings (SSSR count). The Morgan fingerprint density at radius 2 is 2.16 bits per heavy atom. The van der Waals surface area contributed by atoms with Crippen molar-refractivity contribution in [1.82, 2.24) is 9.80 Å². The Hall–Kier alpha value is -0.950. The number of amides is 1. The maximum Gasteiger partial charge on any atom is 0.255 e. The number of piperazine rings is 1. The molecule has 1 aromatic carbocycles. The van der Waals surface area contributed by atoms with Crippen molar-refractivity contribution in [2.45, 2.75) is 13.3 Å². The number of hydrogen-bond donors (Lipinski definition) is 1. The second-order valence-electron chi connectivity index (χ2n) is 6.55. The fraction of sp³-hybridized carbons (Fsp3) is 0.611. The van der Waals surface area contributed by atoms with Crippen molar-refractivity contribution in [3.8, 4) is 0 Å². The smallest absolute Gasteiger partial charge is 0.255 e. The lowest BCUT2D eigenvalue weighted by Crippen LogP contribution is -2.49. The summed E-state index contributed by atoms with van der Waals surface area (Å²) in [5.41, 5.74) is 1.52. The van der Waals surface area contributed by atoms with Crippen molar-refractivity contribution in [2.75, 3.05) is 56.4 Å². The van der Waals surface area contributed by atoms with Crippen LogP contribution in [0.2, 0.25) is 5.02 Å². The number of carbonyl (C=O) groups excluding carboxylic acids is 1. The lowest BCUT2D eigenvalue weighted by Gasteiger charge is -2.35. The van der Waals surface area contributed by atoms with E-state index in [1.165, 1.54) is 0 Å². The average molecular weight is 384 g/mol. The number of hydrogen-bond acceptors (Lipinski definition) is 5. The van der Waals surface area contributed by atoms with E-state index in [9.17, 15) is 4.79 Å². The third-order valence-electron chi connectivity index (χ3n) is 4.73. The summed E-state index contributed by atoms with van der Waals surface area (Å²) in [7, 11) is 0. The van der Waals surface area contributed by atoms with Gasteiger partial charge in [-0.05, 0) is 30.5 Å². The summed E-state index contributed by atoms with van der Waals surface area (Å²) in [4.78, 5) is 17.1. The standard InChI is InChI=1S/C18H26ClN3O2S/c1-2-25-20-15-3-4-16(17(19)11-15)18(23)22-8-6-21(7-9-22)12-14-5-10-24-13-14/h3-4,11,14,20H,2,5-10,12-13H2,1H3. The van der Waals surface area contributed by atoms with Gasteiger partial charge in [-0.2, -0.15) is 0 Å². The number of anilines is 1. The normalized spacial score (nSPS) is 21.5. The summed E-state index contributed by atoms with van der Waals surface area (Å²) in [5.74, 6) is 1.65. The van der Waals surface area contributed by atoms with E-state index in [2.05, 4.69) is 16.5 Å². The molecule has 0 aromatic heterocycles. The Kier molecular flexibility index (Phi) is 6.87. The maximum absolute atomic E-state index is 12.8. The number of nitrogens with zero attached hydrogens (tertiary/aromatic N) is 2. The van der Waals surface area contributed by atoms with Gasteiger partial charge < -0.3 is 14.4 Å². The molecule has 25 heavy (non-hydrogen) atoms. The largest absolute Gasteiger partial charge is 0.381 e. The molecule has 2 aliphatic rings. The van der Waals surface area contributed by atoms with E-state index >= 15 is 0 Å². The molecule has 5 nitrogen and oxygen atoms in total. The lowest BCUT2D eigenvalue weighted by atomic mass is 10.1. The molecule has 2 saturated heterocycles. The molecule has 0 bridgehead atoms. The Morgan fingerprint density at radius 1 is 1.36 bits per heavy atom. The van der Waals surface area contributed by atoms with Crippen LogP contribution in [-0.2, 0) is 4.74 Å². The number of halogens is 1. The van der Waals surface area contributed by atoms with Gasteiger partial charge in [0.2, 0.25) is 0 Å². The summed E-state index contributed by atoms with van der Waals surface area (Å²) < 4.78 is 8.66. The molecule has 7 heteroatoms. The van der Waals surface area contributed by atoms with Crippen molar-refractivity contribution in [3.63, 3.8) is 0 Å². The van der Waals surface area contributed by atoms with Gasteiger partial charge >= 0.3 is 0 Å². The highest BCUT2D eigenvalue weighted by atomic mass is 35.5. The molecule has 2 aliphatic heterocycles. The average Bonchev–Trinajstić information content (AvgIpc) is 3.13.